The highest BCUT2D eigenvalue weighted by Gasteiger charge is 2.43. The molecule has 2 atom stereocenters. The van der Waals surface area contributed by atoms with Crippen molar-refractivity contribution in [2.24, 2.45) is 4.99 Å². The second-order valence-electron chi connectivity index (χ2n) is 4.74. The molecular weight excluding hydrogens is 226 g/mol. The molecule has 18 heavy (non-hydrogen) atoms. The number of hydrogen-bond donors (Lipinski definition) is 0. The van der Waals surface area contributed by atoms with Gasteiger partial charge in [0, 0.05) is 18.0 Å². The average molecular weight is 239 g/mol. The average Bonchev–Trinajstić information content (AvgIpc) is 2.74. The SMILES string of the molecule is COC1=Cc2ccnc3c2C2C1N=C(C)N2C=C3. The van der Waals surface area contributed by atoms with Crippen LogP contribution in [0.4, 0.5) is 0 Å². The highest BCUT2D eigenvalue weighted by Crippen LogP contribution is 2.45. The van der Waals surface area contributed by atoms with Crippen molar-refractivity contribution in [3.05, 3.63) is 41.0 Å². The summed E-state index contributed by atoms with van der Waals surface area (Å²) >= 11 is 0. The fourth-order valence-electron chi connectivity index (χ4n) is 3.06. The van der Waals surface area contributed by atoms with Crippen LogP contribution in [0.5, 0.6) is 0 Å². The van der Waals surface area contributed by atoms with Gasteiger partial charge in [0.1, 0.15) is 17.6 Å². The van der Waals surface area contributed by atoms with E-state index in [9.17, 15) is 0 Å². The van der Waals surface area contributed by atoms with Crippen LogP contribution < -0.4 is 0 Å². The minimum atomic E-state index is 0.0652. The summed E-state index contributed by atoms with van der Waals surface area (Å²) < 4.78 is 5.51. The lowest BCUT2D eigenvalue weighted by molar-refractivity contribution is 0.241. The van der Waals surface area contributed by atoms with Gasteiger partial charge in [0.2, 0.25) is 0 Å². The third-order valence-corrected chi connectivity index (χ3v) is 3.87. The fraction of sp³-hybridized carbons (Fsp3) is 0.286. The van der Waals surface area contributed by atoms with E-state index in [1.54, 1.807) is 7.11 Å². The minimum absolute atomic E-state index is 0.0652. The number of pyridine rings is 1. The van der Waals surface area contributed by atoms with Crippen molar-refractivity contribution in [1.29, 1.82) is 0 Å². The van der Waals surface area contributed by atoms with Crippen LogP contribution in [0.1, 0.15) is 29.8 Å². The summed E-state index contributed by atoms with van der Waals surface area (Å²) in [5.74, 6) is 1.97. The Kier molecular flexibility index (Phi) is 1.77. The van der Waals surface area contributed by atoms with E-state index in [-0.39, 0.29) is 12.1 Å². The number of nitrogens with zero attached hydrogens (tertiary/aromatic N) is 3. The standard InChI is InChI=1S/C14H13N3O/c1-8-16-13-11(18-2)7-9-3-5-15-10-4-6-17(8)14(13)12(9)10/h3-7,13-14H,1-2H3. The topological polar surface area (TPSA) is 37.7 Å². The van der Waals surface area contributed by atoms with Gasteiger partial charge in [0.05, 0.1) is 18.8 Å². The van der Waals surface area contributed by atoms with Gasteiger partial charge in [-0.1, -0.05) is 0 Å². The number of methoxy groups -OCH3 is 1. The second kappa shape index (κ2) is 3.22. The molecule has 1 aromatic heterocycles. The summed E-state index contributed by atoms with van der Waals surface area (Å²) in [6.07, 6.45) is 8.06. The molecule has 2 aliphatic heterocycles. The van der Waals surface area contributed by atoms with Crippen molar-refractivity contribution in [2.45, 2.75) is 19.0 Å². The first-order chi connectivity index (χ1) is 8.79. The number of hydrogen-bond acceptors (Lipinski definition) is 4. The molecule has 1 aliphatic carbocycles. The molecule has 0 aromatic carbocycles. The molecule has 0 radical (unpaired) electrons. The summed E-state index contributed by atoms with van der Waals surface area (Å²) in [6, 6.07) is 2.32. The van der Waals surface area contributed by atoms with Gasteiger partial charge in [0.15, 0.2) is 0 Å². The van der Waals surface area contributed by atoms with Crippen LogP contribution in [-0.4, -0.2) is 28.9 Å². The van der Waals surface area contributed by atoms with E-state index in [1.807, 2.05) is 19.2 Å². The number of amidine groups is 1. The number of aliphatic imine (C=N–C) groups is 1. The number of ether oxygens (including phenoxy) is 1. The van der Waals surface area contributed by atoms with E-state index in [0.717, 1.165) is 17.3 Å². The molecular formula is C14H13N3O. The molecule has 0 bridgehead atoms. The Bertz CT molecular complexity index is 630. The number of rotatable bonds is 1. The third kappa shape index (κ3) is 1.05. The first-order valence-electron chi connectivity index (χ1n) is 6.05. The van der Waals surface area contributed by atoms with E-state index in [2.05, 4.69) is 28.2 Å². The van der Waals surface area contributed by atoms with Crippen LogP contribution in [0, 0.1) is 0 Å². The lowest BCUT2D eigenvalue weighted by Gasteiger charge is -2.35. The van der Waals surface area contributed by atoms with E-state index in [1.165, 1.54) is 11.1 Å². The van der Waals surface area contributed by atoms with Crippen LogP contribution >= 0.6 is 0 Å². The summed E-state index contributed by atoms with van der Waals surface area (Å²) in [7, 11) is 1.71. The maximum Gasteiger partial charge on any atom is 0.134 e. The first-order valence-corrected chi connectivity index (χ1v) is 6.05. The quantitative estimate of drug-likeness (QED) is 0.754. The molecule has 2 unspecified atom stereocenters. The molecule has 3 heterocycles. The van der Waals surface area contributed by atoms with Crippen LogP contribution in [0.15, 0.2) is 29.2 Å². The predicted molar refractivity (Wildman–Crippen MR) is 69.7 cm³/mol. The van der Waals surface area contributed by atoms with Crippen molar-refractivity contribution in [3.8, 4) is 0 Å². The zero-order chi connectivity index (χ0) is 12.3. The lowest BCUT2D eigenvalue weighted by Crippen LogP contribution is -2.34. The Morgan fingerprint density at radius 1 is 1.39 bits per heavy atom. The summed E-state index contributed by atoms with van der Waals surface area (Å²) in [5.41, 5.74) is 3.51. The summed E-state index contributed by atoms with van der Waals surface area (Å²) in [6.45, 7) is 2.04. The third-order valence-electron chi connectivity index (χ3n) is 3.87. The Morgan fingerprint density at radius 3 is 3.11 bits per heavy atom. The second-order valence-corrected chi connectivity index (χ2v) is 4.74. The lowest BCUT2D eigenvalue weighted by atomic mass is 9.86. The number of aromatic nitrogens is 1. The van der Waals surface area contributed by atoms with Crippen LogP contribution in [-0.2, 0) is 4.74 Å². The van der Waals surface area contributed by atoms with Crippen LogP contribution in [0.2, 0.25) is 0 Å². The van der Waals surface area contributed by atoms with E-state index >= 15 is 0 Å². The maximum absolute atomic E-state index is 5.51. The maximum atomic E-state index is 5.51. The van der Waals surface area contributed by atoms with Crippen LogP contribution in [0.25, 0.3) is 12.2 Å². The first kappa shape index (κ1) is 9.88. The molecule has 1 aromatic rings. The molecule has 4 nitrogen and oxygen atoms in total. The molecule has 3 aliphatic rings. The molecule has 4 heteroatoms. The van der Waals surface area contributed by atoms with Crippen molar-refractivity contribution in [1.82, 2.24) is 9.88 Å². The fourth-order valence-corrected chi connectivity index (χ4v) is 3.06. The van der Waals surface area contributed by atoms with Gasteiger partial charge in [-0.3, -0.25) is 9.98 Å². The Morgan fingerprint density at radius 2 is 2.28 bits per heavy atom. The Labute approximate surface area is 105 Å². The highest BCUT2D eigenvalue weighted by atomic mass is 16.5. The van der Waals surface area contributed by atoms with Crippen molar-refractivity contribution in [2.75, 3.05) is 7.11 Å². The smallest absolute Gasteiger partial charge is 0.134 e. The van der Waals surface area contributed by atoms with Gasteiger partial charge in [-0.25, -0.2) is 0 Å². The summed E-state index contributed by atoms with van der Waals surface area (Å²) in [4.78, 5) is 11.4. The monoisotopic (exact) mass is 239 g/mol. The van der Waals surface area contributed by atoms with E-state index < -0.39 is 0 Å². The molecule has 0 saturated carbocycles. The van der Waals surface area contributed by atoms with Gasteiger partial charge in [0.25, 0.3) is 0 Å². The van der Waals surface area contributed by atoms with Gasteiger partial charge in [-0.2, -0.15) is 0 Å². The van der Waals surface area contributed by atoms with Gasteiger partial charge >= 0.3 is 0 Å². The van der Waals surface area contributed by atoms with Gasteiger partial charge in [-0.05, 0) is 30.7 Å². The van der Waals surface area contributed by atoms with Crippen molar-refractivity contribution >= 4 is 18.0 Å². The van der Waals surface area contributed by atoms with Crippen molar-refractivity contribution in [3.63, 3.8) is 0 Å². The van der Waals surface area contributed by atoms with Gasteiger partial charge < -0.3 is 9.64 Å². The minimum Gasteiger partial charge on any atom is -0.499 e. The Balaban J connectivity index is 2.02. The highest BCUT2D eigenvalue weighted by molar-refractivity contribution is 5.87. The summed E-state index contributed by atoms with van der Waals surface area (Å²) in [5, 5.41) is 0. The van der Waals surface area contributed by atoms with Crippen molar-refractivity contribution < 1.29 is 4.74 Å². The largest absolute Gasteiger partial charge is 0.499 e. The normalized spacial score (nSPS) is 26.7. The molecule has 0 fully saturated rings. The molecule has 4 rings (SSSR count). The van der Waals surface area contributed by atoms with E-state index in [4.69, 9.17) is 9.73 Å². The van der Waals surface area contributed by atoms with Crippen LogP contribution in [0.3, 0.4) is 0 Å². The Hall–Kier alpha value is -2.10. The van der Waals surface area contributed by atoms with Gasteiger partial charge in [-0.15, -0.1) is 0 Å². The zero-order valence-electron chi connectivity index (χ0n) is 10.3. The zero-order valence-corrected chi connectivity index (χ0v) is 10.3. The molecule has 0 saturated heterocycles. The molecule has 90 valence electrons. The molecule has 0 N–H and O–H groups in total. The molecule has 0 amide bonds. The van der Waals surface area contributed by atoms with E-state index in [0.29, 0.717) is 0 Å². The molecule has 0 spiro atoms. The predicted octanol–water partition coefficient (Wildman–Crippen LogP) is 2.21.